The van der Waals surface area contributed by atoms with Gasteiger partial charge < -0.3 is 10.1 Å². The molecule has 0 spiro atoms. The summed E-state index contributed by atoms with van der Waals surface area (Å²) in [6, 6.07) is 9.35. The maximum Gasteiger partial charge on any atom is 0.150 e. The van der Waals surface area contributed by atoms with Gasteiger partial charge in [0.1, 0.15) is 11.9 Å². The molecule has 0 radical (unpaired) electrons. The van der Waals surface area contributed by atoms with Gasteiger partial charge >= 0.3 is 0 Å². The number of halogens is 1. The van der Waals surface area contributed by atoms with Gasteiger partial charge in [0, 0.05) is 13.1 Å². The fourth-order valence-electron chi connectivity index (χ4n) is 1.41. The molecule has 1 heterocycles. The lowest BCUT2D eigenvalue weighted by Gasteiger charge is -2.14. The molecule has 1 N–H and O–H groups in total. The molecule has 2 rings (SSSR count). The molecule has 13 heavy (non-hydrogen) atoms. The molecule has 0 aromatic heterocycles. The van der Waals surface area contributed by atoms with Gasteiger partial charge in [-0.15, -0.1) is 0 Å². The minimum Gasteiger partial charge on any atom is -0.486 e. The Kier molecular flexibility index (Phi) is 2.45. The van der Waals surface area contributed by atoms with Crippen molar-refractivity contribution in [1.82, 2.24) is 5.32 Å². The van der Waals surface area contributed by atoms with Crippen LogP contribution in [0.25, 0.3) is 0 Å². The Bertz CT molecular complexity index is 265. The van der Waals surface area contributed by atoms with Crippen LogP contribution in [0.3, 0.4) is 0 Å². The van der Waals surface area contributed by atoms with Gasteiger partial charge in [0.05, 0.1) is 0 Å². The number of rotatable bonds is 2. The van der Waals surface area contributed by atoms with Gasteiger partial charge in [-0.05, 0) is 12.1 Å². The van der Waals surface area contributed by atoms with E-state index >= 15 is 0 Å². The van der Waals surface area contributed by atoms with Gasteiger partial charge in [0.15, 0.2) is 6.17 Å². The molecule has 1 aromatic rings. The van der Waals surface area contributed by atoms with Crippen molar-refractivity contribution >= 4 is 0 Å². The van der Waals surface area contributed by atoms with Crippen molar-refractivity contribution in [2.24, 2.45) is 0 Å². The predicted octanol–water partition coefficient (Wildman–Crippen LogP) is 1.38. The average Bonchev–Trinajstić information content (AvgIpc) is 2.54. The maximum atomic E-state index is 13.1. The standard InChI is InChI=1S/C10H12FNO/c11-9-6-12-7-10(9)13-8-4-2-1-3-5-8/h1-5,9-10,12H,6-7H2. The van der Waals surface area contributed by atoms with Crippen LogP contribution in [0.5, 0.6) is 5.75 Å². The lowest BCUT2D eigenvalue weighted by Crippen LogP contribution is -2.26. The third-order valence-electron chi connectivity index (χ3n) is 2.12. The fraction of sp³-hybridized carbons (Fsp3) is 0.400. The first-order chi connectivity index (χ1) is 6.36. The lowest BCUT2D eigenvalue weighted by atomic mass is 10.3. The van der Waals surface area contributed by atoms with Crippen molar-refractivity contribution in [3.8, 4) is 5.75 Å². The zero-order chi connectivity index (χ0) is 9.10. The van der Waals surface area contributed by atoms with Crippen LogP contribution in [0.15, 0.2) is 30.3 Å². The van der Waals surface area contributed by atoms with Crippen LogP contribution in [0.4, 0.5) is 4.39 Å². The molecule has 2 atom stereocenters. The van der Waals surface area contributed by atoms with E-state index in [0.29, 0.717) is 13.1 Å². The zero-order valence-corrected chi connectivity index (χ0v) is 7.24. The van der Waals surface area contributed by atoms with Crippen LogP contribution in [-0.2, 0) is 0 Å². The van der Waals surface area contributed by atoms with E-state index in [1.807, 2.05) is 30.3 Å². The zero-order valence-electron chi connectivity index (χ0n) is 7.24. The van der Waals surface area contributed by atoms with E-state index in [1.54, 1.807) is 0 Å². The second-order valence-electron chi connectivity index (χ2n) is 3.14. The smallest absolute Gasteiger partial charge is 0.150 e. The summed E-state index contributed by atoms with van der Waals surface area (Å²) in [5, 5.41) is 2.94. The summed E-state index contributed by atoms with van der Waals surface area (Å²) in [5.74, 6) is 0.735. The van der Waals surface area contributed by atoms with Crippen LogP contribution in [0.2, 0.25) is 0 Å². The normalized spacial score (nSPS) is 27.5. The molecule has 1 aromatic carbocycles. The van der Waals surface area contributed by atoms with Crippen molar-refractivity contribution in [3.63, 3.8) is 0 Å². The van der Waals surface area contributed by atoms with E-state index in [-0.39, 0.29) is 6.10 Å². The number of hydrogen-bond donors (Lipinski definition) is 1. The van der Waals surface area contributed by atoms with Gasteiger partial charge in [-0.2, -0.15) is 0 Å². The van der Waals surface area contributed by atoms with E-state index < -0.39 is 6.17 Å². The number of hydrogen-bond acceptors (Lipinski definition) is 2. The Balaban J connectivity index is 1.98. The highest BCUT2D eigenvalue weighted by Gasteiger charge is 2.28. The third kappa shape index (κ3) is 1.98. The second kappa shape index (κ2) is 3.75. The SMILES string of the molecule is FC1CNCC1Oc1ccccc1. The molecule has 2 nitrogen and oxygen atoms in total. The Labute approximate surface area is 76.7 Å². The topological polar surface area (TPSA) is 21.3 Å². The van der Waals surface area contributed by atoms with Gasteiger partial charge in [0.2, 0.25) is 0 Å². The Hall–Kier alpha value is -1.09. The van der Waals surface area contributed by atoms with Crippen LogP contribution < -0.4 is 10.1 Å². The molecule has 1 fully saturated rings. The summed E-state index contributed by atoms with van der Waals surface area (Å²) in [5.41, 5.74) is 0. The molecule has 1 saturated heterocycles. The Morgan fingerprint density at radius 3 is 2.62 bits per heavy atom. The summed E-state index contributed by atoms with van der Waals surface area (Å²) >= 11 is 0. The molecule has 2 unspecified atom stereocenters. The van der Waals surface area contributed by atoms with Crippen LogP contribution in [-0.4, -0.2) is 25.4 Å². The average molecular weight is 181 g/mol. The summed E-state index contributed by atoms with van der Waals surface area (Å²) in [6.07, 6.45) is -1.22. The second-order valence-corrected chi connectivity index (χ2v) is 3.14. The van der Waals surface area contributed by atoms with Crippen molar-refractivity contribution in [3.05, 3.63) is 30.3 Å². The number of alkyl halides is 1. The van der Waals surface area contributed by atoms with E-state index in [4.69, 9.17) is 4.74 Å². The fourth-order valence-corrected chi connectivity index (χ4v) is 1.41. The molecular weight excluding hydrogens is 169 g/mol. The van der Waals surface area contributed by atoms with Crippen LogP contribution in [0, 0.1) is 0 Å². The van der Waals surface area contributed by atoms with Gasteiger partial charge in [-0.3, -0.25) is 0 Å². The first-order valence-electron chi connectivity index (χ1n) is 4.43. The van der Waals surface area contributed by atoms with Gasteiger partial charge in [0.25, 0.3) is 0 Å². The Morgan fingerprint density at radius 2 is 2.00 bits per heavy atom. The molecule has 0 aliphatic carbocycles. The summed E-state index contributed by atoms with van der Waals surface area (Å²) in [6.45, 7) is 0.994. The van der Waals surface area contributed by atoms with Crippen molar-refractivity contribution in [1.29, 1.82) is 0 Å². The summed E-state index contributed by atoms with van der Waals surface area (Å²) in [4.78, 5) is 0. The monoisotopic (exact) mass is 181 g/mol. The lowest BCUT2D eigenvalue weighted by molar-refractivity contribution is 0.140. The van der Waals surface area contributed by atoms with Crippen molar-refractivity contribution in [2.45, 2.75) is 12.3 Å². The number of benzene rings is 1. The first kappa shape index (κ1) is 8.51. The summed E-state index contributed by atoms with van der Waals surface area (Å²) in [7, 11) is 0. The van der Waals surface area contributed by atoms with Crippen molar-refractivity contribution < 1.29 is 9.13 Å². The minimum atomic E-state index is -0.889. The van der Waals surface area contributed by atoms with Gasteiger partial charge in [-0.1, -0.05) is 18.2 Å². The molecule has 0 saturated carbocycles. The molecule has 70 valence electrons. The Morgan fingerprint density at radius 1 is 1.23 bits per heavy atom. The number of nitrogens with one attached hydrogen (secondary N) is 1. The highest BCUT2D eigenvalue weighted by atomic mass is 19.1. The molecule has 3 heteroatoms. The van der Waals surface area contributed by atoms with Crippen LogP contribution >= 0.6 is 0 Å². The largest absolute Gasteiger partial charge is 0.486 e. The van der Waals surface area contributed by atoms with E-state index in [9.17, 15) is 4.39 Å². The van der Waals surface area contributed by atoms with E-state index in [1.165, 1.54) is 0 Å². The first-order valence-corrected chi connectivity index (χ1v) is 4.43. The maximum absolute atomic E-state index is 13.1. The quantitative estimate of drug-likeness (QED) is 0.744. The number of para-hydroxylation sites is 1. The molecule has 0 amide bonds. The third-order valence-corrected chi connectivity index (χ3v) is 2.12. The van der Waals surface area contributed by atoms with E-state index in [0.717, 1.165) is 5.75 Å². The highest BCUT2D eigenvalue weighted by molar-refractivity contribution is 5.21. The molecular formula is C10H12FNO. The molecule has 1 aliphatic rings. The van der Waals surface area contributed by atoms with Crippen LogP contribution in [0.1, 0.15) is 0 Å². The minimum absolute atomic E-state index is 0.331. The molecule has 1 aliphatic heterocycles. The summed E-state index contributed by atoms with van der Waals surface area (Å²) < 4.78 is 18.5. The predicted molar refractivity (Wildman–Crippen MR) is 48.6 cm³/mol. The number of ether oxygens (including phenoxy) is 1. The van der Waals surface area contributed by atoms with Crippen molar-refractivity contribution in [2.75, 3.05) is 13.1 Å². The van der Waals surface area contributed by atoms with Gasteiger partial charge in [-0.25, -0.2) is 4.39 Å². The molecule has 0 bridgehead atoms. The highest BCUT2D eigenvalue weighted by Crippen LogP contribution is 2.15. The van der Waals surface area contributed by atoms with E-state index in [2.05, 4.69) is 5.32 Å².